The number of benzene rings is 1. The van der Waals surface area contributed by atoms with E-state index in [9.17, 15) is 4.79 Å². The summed E-state index contributed by atoms with van der Waals surface area (Å²) >= 11 is 0. The SMILES string of the molecule is Cc1ccc(N[C@@H]2CCN(C(=O)OC(C)(C)C)C2)c2cccnc12. The zero-order valence-electron chi connectivity index (χ0n) is 14.8. The molecule has 5 nitrogen and oxygen atoms in total. The predicted molar refractivity (Wildman–Crippen MR) is 96.3 cm³/mol. The maximum Gasteiger partial charge on any atom is 0.410 e. The van der Waals surface area contributed by atoms with E-state index in [4.69, 9.17) is 4.74 Å². The molecule has 0 aliphatic carbocycles. The van der Waals surface area contributed by atoms with Crippen LogP contribution in [0.3, 0.4) is 0 Å². The van der Waals surface area contributed by atoms with Gasteiger partial charge in [0.15, 0.2) is 0 Å². The molecule has 2 heterocycles. The number of ether oxygens (including phenoxy) is 1. The van der Waals surface area contributed by atoms with Crippen LogP contribution in [-0.4, -0.2) is 40.7 Å². The number of amides is 1. The molecule has 1 fully saturated rings. The van der Waals surface area contributed by atoms with E-state index in [0.717, 1.165) is 28.6 Å². The summed E-state index contributed by atoms with van der Waals surface area (Å²) in [5.41, 5.74) is 2.80. The van der Waals surface area contributed by atoms with Crippen molar-refractivity contribution in [3.8, 4) is 0 Å². The average Bonchev–Trinajstić information content (AvgIpc) is 2.98. The quantitative estimate of drug-likeness (QED) is 0.907. The highest BCUT2D eigenvalue weighted by Crippen LogP contribution is 2.27. The van der Waals surface area contributed by atoms with Crippen LogP contribution in [0.25, 0.3) is 10.9 Å². The fourth-order valence-electron chi connectivity index (χ4n) is 3.03. The minimum Gasteiger partial charge on any atom is -0.444 e. The van der Waals surface area contributed by atoms with Gasteiger partial charge in [-0.15, -0.1) is 0 Å². The lowest BCUT2D eigenvalue weighted by molar-refractivity contribution is 0.0293. The van der Waals surface area contributed by atoms with Crippen LogP contribution in [0.2, 0.25) is 0 Å². The molecule has 0 bridgehead atoms. The van der Waals surface area contributed by atoms with Crippen LogP contribution < -0.4 is 5.32 Å². The summed E-state index contributed by atoms with van der Waals surface area (Å²) in [6, 6.07) is 8.43. The van der Waals surface area contributed by atoms with Gasteiger partial charge in [0.1, 0.15) is 5.60 Å². The van der Waals surface area contributed by atoms with E-state index in [1.165, 1.54) is 0 Å². The number of likely N-dealkylation sites (tertiary alicyclic amines) is 1. The molecule has 1 amide bonds. The molecular weight excluding hydrogens is 302 g/mol. The van der Waals surface area contributed by atoms with E-state index >= 15 is 0 Å². The van der Waals surface area contributed by atoms with Gasteiger partial charge in [-0.05, 0) is 57.9 Å². The van der Waals surface area contributed by atoms with Crippen molar-refractivity contribution in [3.63, 3.8) is 0 Å². The second kappa shape index (κ2) is 6.30. The van der Waals surface area contributed by atoms with Crippen LogP contribution in [0.5, 0.6) is 0 Å². The summed E-state index contributed by atoms with van der Waals surface area (Å²) in [6.07, 6.45) is 2.50. The van der Waals surface area contributed by atoms with Gasteiger partial charge in [-0.2, -0.15) is 0 Å². The molecule has 0 unspecified atom stereocenters. The molecule has 0 radical (unpaired) electrons. The molecule has 1 N–H and O–H groups in total. The Morgan fingerprint density at radius 1 is 1.33 bits per heavy atom. The van der Waals surface area contributed by atoms with Crippen LogP contribution >= 0.6 is 0 Å². The summed E-state index contributed by atoms with van der Waals surface area (Å²) in [6.45, 7) is 9.12. The smallest absolute Gasteiger partial charge is 0.410 e. The molecule has 1 aliphatic heterocycles. The molecule has 128 valence electrons. The van der Waals surface area contributed by atoms with Crippen molar-refractivity contribution in [3.05, 3.63) is 36.0 Å². The summed E-state index contributed by atoms with van der Waals surface area (Å²) < 4.78 is 5.46. The second-order valence-electron chi connectivity index (χ2n) is 7.39. The number of hydrogen-bond donors (Lipinski definition) is 1. The van der Waals surface area contributed by atoms with Gasteiger partial charge in [0.2, 0.25) is 0 Å². The summed E-state index contributed by atoms with van der Waals surface area (Å²) in [5, 5.41) is 4.69. The molecule has 1 aliphatic rings. The molecule has 2 aromatic rings. The molecule has 1 aromatic carbocycles. The van der Waals surface area contributed by atoms with Gasteiger partial charge in [0, 0.05) is 36.4 Å². The maximum absolute atomic E-state index is 12.2. The number of anilines is 1. The van der Waals surface area contributed by atoms with Gasteiger partial charge in [-0.1, -0.05) is 6.07 Å². The summed E-state index contributed by atoms with van der Waals surface area (Å²) in [4.78, 5) is 18.4. The number of rotatable bonds is 2. The second-order valence-corrected chi connectivity index (χ2v) is 7.39. The van der Waals surface area contributed by atoms with Gasteiger partial charge in [-0.3, -0.25) is 4.98 Å². The molecular formula is C19H25N3O2. The first-order chi connectivity index (χ1) is 11.3. The van der Waals surface area contributed by atoms with Crippen molar-refractivity contribution in [2.75, 3.05) is 18.4 Å². The Balaban J connectivity index is 1.70. The summed E-state index contributed by atoms with van der Waals surface area (Å²) in [5.74, 6) is 0. The van der Waals surface area contributed by atoms with E-state index in [1.54, 1.807) is 4.90 Å². The molecule has 1 aromatic heterocycles. The number of aromatic nitrogens is 1. The number of fused-ring (bicyclic) bond motifs is 1. The van der Waals surface area contributed by atoms with Gasteiger partial charge < -0.3 is 15.0 Å². The Labute approximate surface area is 143 Å². The van der Waals surface area contributed by atoms with Crippen molar-refractivity contribution in [2.24, 2.45) is 0 Å². The van der Waals surface area contributed by atoms with Crippen molar-refractivity contribution >= 4 is 22.7 Å². The molecule has 24 heavy (non-hydrogen) atoms. The first-order valence-electron chi connectivity index (χ1n) is 8.42. The third kappa shape index (κ3) is 3.61. The van der Waals surface area contributed by atoms with Crippen LogP contribution in [0.1, 0.15) is 32.8 Å². The van der Waals surface area contributed by atoms with Crippen LogP contribution in [-0.2, 0) is 4.74 Å². The molecule has 0 spiro atoms. The largest absolute Gasteiger partial charge is 0.444 e. The predicted octanol–water partition coefficient (Wildman–Crippen LogP) is 3.96. The van der Waals surface area contributed by atoms with Gasteiger partial charge >= 0.3 is 6.09 Å². The van der Waals surface area contributed by atoms with Crippen LogP contribution in [0.15, 0.2) is 30.5 Å². The van der Waals surface area contributed by atoms with Crippen molar-refractivity contribution in [1.29, 1.82) is 0 Å². The standard InChI is InChI=1S/C19H25N3O2/c1-13-7-8-16(15-6-5-10-20-17(13)15)21-14-9-11-22(12-14)18(23)24-19(2,3)4/h5-8,10,14,21H,9,11-12H2,1-4H3/t14-/m1/s1. The lowest BCUT2D eigenvalue weighted by Gasteiger charge is -2.24. The zero-order chi connectivity index (χ0) is 17.3. The van der Waals surface area contributed by atoms with Crippen molar-refractivity contribution in [2.45, 2.75) is 45.8 Å². The highest BCUT2D eigenvalue weighted by atomic mass is 16.6. The molecule has 1 saturated heterocycles. The third-order valence-corrected chi connectivity index (χ3v) is 4.17. The van der Waals surface area contributed by atoms with E-state index in [-0.39, 0.29) is 12.1 Å². The Bertz CT molecular complexity index is 752. The minimum absolute atomic E-state index is 0.226. The number of nitrogens with zero attached hydrogens (tertiary/aromatic N) is 2. The van der Waals surface area contributed by atoms with Gasteiger partial charge in [0.25, 0.3) is 0 Å². The molecule has 3 rings (SSSR count). The van der Waals surface area contributed by atoms with E-state index < -0.39 is 5.60 Å². The van der Waals surface area contributed by atoms with Gasteiger partial charge in [0.05, 0.1) is 5.52 Å². The lowest BCUT2D eigenvalue weighted by Crippen LogP contribution is -2.36. The zero-order valence-corrected chi connectivity index (χ0v) is 14.8. The highest BCUT2D eigenvalue weighted by molar-refractivity contribution is 5.93. The van der Waals surface area contributed by atoms with Crippen molar-refractivity contribution < 1.29 is 9.53 Å². The fourth-order valence-corrected chi connectivity index (χ4v) is 3.03. The highest BCUT2D eigenvalue weighted by Gasteiger charge is 2.29. The number of nitrogens with one attached hydrogen (secondary N) is 1. The van der Waals surface area contributed by atoms with Crippen LogP contribution in [0, 0.1) is 6.92 Å². The Kier molecular flexibility index (Phi) is 4.35. The Hall–Kier alpha value is -2.30. The average molecular weight is 327 g/mol. The lowest BCUT2D eigenvalue weighted by atomic mass is 10.1. The number of pyridine rings is 1. The van der Waals surface area contributed by atoms with Crippen molar-refractivity contribution in [1.82, 2.24) is 9.88 Å². The Morgan fingerprint density at radius 2 is 2.12 bits per heavy atom. The number of carbonyl (C=O) groups excluding carboxylic acids is 1. The molecule has 5 heteroatoms. The van der Waals surface area contributed by atoms with E-state index in [2.05, 4.69) is 35.4 Å². The minimum atomic E-state index is -0.457. The molecule has 1 atom stereocenters. The topological polar surface area (TPSA) is 54.5 Å². The third-order valence-electron chi connectivity index (χ3n) is 4.17. The van der Waals surface area contributed by atoms with E-state index in [0.29, 0.717) is 13.1 Å². The number of hydrogen-bond acceptors (Lipinski definition) is 4. The first-order valence-corrected chi connectivity index (χ1v) is 8.42. The molecule has 0 saturated carbocycles. The van der Waals surface area contributed by atoms with E-state index in [1.807, 2.05) is 33.0 Å². The fraction of sp³-hybridized carbons (Fsp3) is 0.474. The monoisotopic (exact) mass is 327 g/mol. The summed E-state index contributed by atoms with van der Waals surface area (Å²) in [7, 11) is 0. The first kappa shape index (κ1) is 16.6. The Morgan fingerprint density at radius 3 is 2.88 bits per heavy atom. The number of carbonyl (C=O) groups is 1. The van der Waals surface area contributed by atoms with Gasteiger partial charge in [-0.25, -0.2) is 4.79 Å². The maximum atomic E-state index is 12.2. The normalized spacial score (nSPS) is 18.0. The number of aryl methyl sites for hydroxylation is 1. The van der Waals surface area contributed by atoms with Crippen LogP contribution in [0.4, 0.5) is 10.5 Å².